The van der Waals surface area contributed by atoms with Crippen molar-refractivity contribution in [3.63, 3.8) is 0 Å². The summed E-state index contributed by atoms with van der Waals surface area (Å²) in [5, 5.41) is 5.23. The molecule has 1 aliphatic heterocycles. The van der Waals surface area contributed by atoms with Crippen LogP contribution in [0.1, 0.15) is 35.1 Å². The van der Waals surface area contributed by atoms with Gasteiger partial charge in [-0.1, -0.05) is 90.5 Å². The zero-order valence-electron chi connectivity index (χ0n) is 22.7. The third-order valence-electron chi connectivity index (χ3n) is 8.00. The fourth-order valence-electron chi connectivity index (χ4n) is 6.06. The number of nitrogens with two attached hydrogens (primary N) is 1. The fourth-order valence-corrected chi connectivity index (χ4v) is 6.06. The Morgan fingerprint density at radius 2 is 1.49 bits per heavy atom. The van der Waals surface area contributed by atoms with Crippen molar-refractivity contribution < 1.29 is 0 Å². The molecule has 0 radical (unpaired) electrons. The standard InChI is InChI=1S/C19H19N.C18H17N/c1-16-7-5-8-17(13-16)14-18-9-6-12-20(15-18)19-10-3-2-4-11-19;19-18-7-3-6-14-16-9-8-12-4-1-2-5-13(12)15(16)10-11-17(14)18/h2-13H,14-15H2,1H3;3,6-11H,1-2,4-5,19H2. The number of anilines is 2. The number of allylic oxidation sites excluding steroid dienone is 2. The molecule has 0 saturated heterocycles. The molecule has 1 heterocycles. The molecule has 0 bridgehead atoms. The zero-order valence-corrected chi connectivity index (χ0v) is 22.7. The van der Waals surface area contributed by atoms with Gasteiger partial charge in [-0.3, -0.25) is 0 Å². The molecule has 194 valence electrons. The first-order chi connectivity index (χ1) is 19.2. The normalized spacial score (nSPS) is 14.5. The molecule has 0 fully saturated rings. The Hall–Kier alpha value is -4.30. The molecule has 2 N–H and O–H groups in total. The maximum Gasteiger partial charge on any atom is 0.0441 e. The van der Waals surface area contributed by atoms with E-state index in [9.17, 15) is 0 Å². The summed E-state index contributed by atoms with van der Waals surface area (Å²) in [6.45, 7) is 3.11. The van der Waals surface area contributed by atoms with E-state index in [-0.39, 0.29) is 0 Å². The molecule has 2 nitrogen and oxygen atoms in total. The second-order valence-corrected chi connectivity index (χ2v) is 10.8. The molecule has 2 heteroatoms. The van der Waals surface area contributed by atoms with Crippen molar-refractivity contribution in [1.82, 2.24) is 0 Å². The summed E-state index contributed by atoms with van der Waals surface area (Å²) in [6.07, 6.45) is 12.7. The van der Waals surface area contributed by atoms with E-state index < -0.39 is 0 Å². The lowest BCUT2D eigenvalue weighted by Gasteiger charge is -2.25. The highest BCUT2D eigenvalue weighted by Crippen LogP contribution is 2.34. The Balaban J connectivity index is 0.000000142. The van der Waals surface area contributed by atoms with E-state index in [1.165, 1.54) is 69.6 Å². The molecular formula is C37H36N2. The first kappa shape index (κ1) is 25.0. The molecule has 0 spiro atoms. The molecule has 5 aromatic carbocycles. The van der Waals surface area contributed by atoms with Crippen molar-refractivity contribution in [1.29, 1.82) is 0 Å². The van der Waals surface area contributed by atoms with Gasteiger partial charge in [0.2, 0.25) is 0 Å². The molecule has 0 amide bonds. The SMILES string of the molecule is Cc1cccc(CC2=CC=CN(c3ccccc3)C2)c1.Nc1cccc2c1ccc1c3c(ccc12)CCCC3. The number of hydrogen-bond donors (Lipinski definition) is 1. The smallest absolute Gasteiger partial charge is 0.0441 e. The van der Waals surface area contributed by atoms with Crippen LogP contribution in [-0.4, -0.2) is 6.54 Å². The third-order valence-corrected chi connectivity index (χ3v) is 8.00. The Morgan fingerprint density at radius 1 is 0.718 bits per heavy atom. The number of aryl methyl sites for hydroxylation is 3. The summed E-state index contributed by atoms with van der Waals surface area (Å²) in [4.78, 5) is 2.30. The van der Waals surface area contributed by atoms with Crippen molar-refractivity contribution >= 4 is 32.9 Å². The molecule has 5 aromatic rings. The Morgan fingerprint density at radius 3 is 2.36 bits per heavy atom. The van der Waals surface area contributed by atoms with Gasteiger partial charge in [0.25, 0.3) is 0 Å². The summed E-state index contributed by atoms with van der Waals surface area (Å²) in [7, 11) is 0. The third kappa shape index (κ3) is 5.47. The largest absolute Gasteiger partial charge is 0.398 e. The van der Waals surface area contributed by atoms with Crippen LogP contribution in [0.4, 0.5) is 11.4 Å². The van der Waals surface area contributed by atoms with Gasteiger partial charge in [0, 0.05) is 29.5 Å². The Labute approximate surface area is 232 Å². The lowest BCUT2D eigenvalue weighted by molar-refractivity contribution is 0.690. The Kier molecular flexibility index (Phi) is 7.19. The average Bonchev–Trinajstić information content (AvgIpc) is 2.98. The van der Waals surface area contributed by atoms with Crippen molar-refractivity contribution in [2.75, 3.05) is 17.2 Å². The van der Waals surface area contributed by atoms with Crippen molar-refractivity contribution in [2.45, 2.75) is 39.0 Å². The molecular weight excluding hydrogens is 472 g/mol. The number of hydrogen-bond acceptors (Lipinski definition) is 2. The maximum absolute atomic E-state index is 6.09. The fraction of sp³-hybridized carbons (Fsp3) is 0.189. The quantitative estimate of drug-likeness (QED) is 0.195. The number of para-hydroxylation sites is 1. The lowest BCUT2D eigenvalue weighted by atomic mass is 9.86. The molecule has 2 aliphatic rings. The highest BCUT2D eigenvalue weighted by atomic mass is 15.1. The van der Waals surface area contributed by atoms with Gasteiger partial charge < -0.3 is 10.6 Å². The van der Waals surface area contributed by atoms with Crippen LogP contribution in [0.25, 0.3) is 21.5 Å². The van der Waals surface area contributed by atoms with Crippen molar-refractivity contribution in [3.05, 3.63) is 143 Å². The lowest BCUT2D eigenvalue weighted by Crippen LogP contribution is -2.22. The first-order valence-electron chi connectivity index (χ1n) is 14.1. The van der Waals surface area contributed by atoms with Gasteiger partial charge in [0.15, 0.2) is 0 Å². The van der Waals surface area contributed by atoms with Gasteiger partial charge in [-0.2, -0.15) is 0 Å². The number of fused-ring (bicyclic) bond motifs is 5. The van der Waals surface area contributed by atoms with E-state index in [0.29, 0.717) is 0 Å². The number of nitrogen functional groups attached to an aromatic ring is 1. The second-order valence-electron chi connectivity index (χ2n) is 10.8. The summed E-state index contributed by atoms with van der Waals surface area (Å²) in [5.74, 6) is 0. The molecule has 39 heavy (non-hydrogen) atoms. The summed E-state index contributed by atoms with van der Waals surface area (Å²) in [5.41, 5.74) is 15.5. The van der Waals surface area contributed by atoms with Crippen molar-refractivity contribution in [2.24, 2.45) is 0 Å². The van der Waals surface area contributed by atoms with E-state index >= 15 is 0 Å². The van der Waals surface area contributed by atoms with E-state index in [1.807, 2.05) is 6.07 Å². The van der Waals surface area contributed by atoms with E-state index in [2.05, 4.69) is 121 Å². The topological polar surface area (TPSA) is 29.3 Å². The second kappa shape index (κ2) is 11.2. The van der Waals surface area contributed by atoms with Crippen LogP contribution in [0.15, 0.2) is 121 Å². The number of rotatable bonds is 3. The van der Waals surface area contributed by atoms with Gasteiger partial charge in [0.05, 0.1) is 0 Å². The summed E-state index contributed by atoms with van der Waals surface area (Å²) >= 11 is 0. The molecule has 0 aromatic heterocycles. The average molecular weight is 509 g/mol. The van der Waals surface area contributed by atoms with Crippen LogP contribution in [0.2, 0.25) is 0 Å². The maximum atomic E-state index is 6.09. The monoisotopic (exact) mass is 508 g/mol. The molecule has 7 rings (SSSR count). The van der Waals surface area contributed by atoms with Gasteiger partial charge in [-0.25, -0.2) is 0 Å². The predicted octanol–water partition coefficient (Wildman–Crippen LogP) is 8.95. The van der Waals surface area contributed by atoms with Crippen LogP contribution < -0.4 is 10.6 Å². The molecule has 1 aliphatic carbocycles. The van der Waals surface area contributed by atoms with Gasteiger partial charge >= 0.3 is 0 Å². The zero-order chi connectivity index (χ0) is 26.6. The van der Waals surface area contributed by atoms with E-state index in [1.54, 1.807) is 11.1 Å². The Bertz CT molecular complexity index is 1680. The minimum absolute atomic E-state index is 0.872. The van der Waals surface area contributed by atoms with E-state index in [0.717, 1.165) is 18.7 Å². The van der Waals surface area contributed by atoms with Crippen LogP contribution >= 0.6 is 0 Å². The van der Waals surface area contributed by atoms with Gasteiger partial charge in [0.1, 0.15) is 0 Å². The number of benzene rings is 5. The number of nitrogens with zero attached hydrogens (tertiary/aromatic N) is 1. The molecule has 0 unspecified atom stereocenters. The van der Waals surface area contributed by atoms with E-state index in [4.69, 9.17) is 5.73 Å². The van der Waals surface area contributed by atoms with Crippen LogP contribution in [0, 0.1) is 6.92 Å². The predicted molar refractivity (Wildman–Crippen MR) is 168 cm³/mol. The highest BCUT2D eigenvalue weighted by molar-refractivity contribution is 6.12. The van der Waals surface area contributed by atoms with Crippen molar-refractivity contribution in [3.8, 4) is 0 Å². The van der Waals surface area contributed by atoms with Gasteiger partial charge in [-0.05, 0) is 102 Å². The minimum atomic E-state index is 0.872. The summed E-state index contributed by atoms with van der Waals surface area (Å²) < 4.78 is 0. The minimum Gasteiger partial charge on any atom is -0.398 e. The summed E-state index contributed by atoms with van der Waals surface area (Å²) in [6, 6.07) is 34.6. The van der Waals surface area contributed by atoms with Crippen LogP contribution in [-0.2, 0) is 19.3 Å². The van der Waals surface area contributed by atoms with Crippen LogP contribution in [0.3, 0.4) is 0 Å². The van der Waals surface area contributed by atoms with Gasteiger partial charge in [-0.15, -0.1) is 0 Å². The molecule has 0 saturated carbocycles. The molecule has 0 atom stereocenters. The van der Waals surface area contributed by atoms with Crippen LogP contribution in [0.5, 0.6) is 0 Å². The first-order valence-corrected chi connectivity index (χ1v) is 14.1. The highest BCUT2D eigenvalue weighted by Gasteiger charge is 2.14.